The van der Waals surface area contributed by atoms with Gasteiger partial charge in [-0.25, -0.2) is 0 Å². The summed E-state index contributed by atoms with van der Waals surface area (Å²) < 4.78 is 10.5. The van der Waals surface area contributed by atoms with Crippen molar-refractivity contribution >= 4 is 23.8 Å². The Labute approximate surface area is 163 Å². The van der Waals surface area contributed by atoms with Gasteiger partial charge >= 0.3 is 0 Å². The largest absolute Gasteiger partial charge is 0.493 e. The highest BCUT2D eigenvalue weighted by molar-refractivity contribution is 5.85. The van der Waals surface area contributed by atoms with E-state index >= 15 is 0 Å². The number of hydrogen-bond acceptors (Lipinski definition) is 6. The molecule has 0 spiro atoms. The fraction of sp³-hybridized carbons (Fsp3) is 0.250. The molecular weight excluding hydrogens is 362 g/mol. The highest BCUT2D eigenvalue weighted by Crippen LogP contribution is 2.27. The highest BCUT2D eigenvalue weighted by atomic mass is 16.5. The highest BCUT2D eigenvalue weighted by Gasteiger charge is 2.10. The smallest absolute Gasteiger partial charge is 0.276 e. The van der Waals surface area contributed by atoms with Gasteiger partial charge in [0.05, 0.1) is 13.7 Å². The van der Waals surface area contributed by atoms with Crippen molar-refractivity contribution in [2.75, 3.05) is 25.6 Å². The molecule has 2 aromatic rings. The molecule has 0 aliphatic rings. The van der Waals surface area contributed by atoms with Crippen molar-refractivity contribution in [1.82, 2.24) is 10.9 Å². The number of aryl methyl sites for hydroxylation is 2. The van der Waals surface area contributed by atoms with Crippen molar-refractivity contribution in [2.24, 2.45) is 0 Å². The summed E-state index contributed by atoms with van der Waals surface area (Å²) in [5.41, 5.74) is 8.02. The van der Waals surface area contributed by atoms with Gasteiger partial charge in [-0.2, -0.15) is 0 Å². The maximum atomic E-state index is 11.9. The molecule has 8 nitrogen and oxygen atoms in total. The van der Waals surface area contributed by atoms with Crippen LogP contribution in [0.2, 0.25) is 0 Å². The lowest BCUT2D eigenvalue weighted by Crippen LogP contribution is -2.46. The molecule has 2 amide bonds. The van der Waals surface area contributed by atoms with Gasteiger partial charge in [-0.3, -0.25) is 25.2 Å². The summed E-state index contributed by atoms with van der Waals surface area (Å²) in [5.74, 6) is -0.298. The normalized spacial score (nSPS) is 9.96. The van der Waals surface area contributed by atoms with Gasteiger partial charge in [0.25, 0.3) is 11.8 Å². The minimum Gasteiger partial charge on any atom is -0.493 e. The summed E-state index contributed by atoms with van der Waals surface area (Å²) >= 11 is 0. The van der Waals surface area contributed by atoms with Crippen LogP contribution in [0.25, 0.3) is 0 Å². The van der Waals surface area contributed by atoms with E-state index in [0.29, 0.717) is 23.3 Å². The monoisotopic (exact) mass is 385 g/mol. The molecule has 3 N–H and O–H groups in total. The van der Waals surface area contributed by atoms with E-state index in [4.69, 9.17) is 9.47 Å². The molecular formula is C20H23N3O5. The second-order valence-electron chi connectivity index (χ2n) is 6.09. The van der Waals surface area contributed by atoms with E-state index in [1.54, 1.807) is 6.07 Å². The zero-order valence-electron chi connectivity index (χ0n) is 16.0. The average molecular weight is 385 g/mol. The predicted octanol–water partition coefficient (Wildman–Crippen LogP) is 1.76. The third-order valence-electron chi connectivity index (χ3n) is 3.85. The number of amides is 2. The van der Waals surface area contributed by atoms with Crippen molar-refractivity contribution in [2.45, 2.75) is 13.8 Å². The molecule has 0 atom stereocenters. The summed E-state index contributed by atoms with van der Waals surface area (Å²) in [4.78, 5) is 34.5. The van der Waals surface area contributed by atoms with E-state index in [1.165, 1.54) is 19.2 Å². The van der Waals surface area contributed by atoms with Crippen LogP contribution in [0.15, 0.2) is 36.4 Å². The first-order chi connectivity index (χ1) is 13.4. The van der Waals surface area contributed by atoms with Crippen molar-refractivity contribution in [3.05, 3.63) is 53.1 Å². The van der Waals surface area contributed by atoms with Crippen LogP contribution in [0.1, 0.15) is 21.5 Å². The predicted molar refractivity (Wildman–Crippen MR) is 105 cm³/mol. The molecule has 2 aromatic carbocycles. The number of nitrogens with one attached hydrogen (secondary N) is 3. The first-order valence-electron chi connectivity index (χ1n) is 8.57. The summed E-state index contributed by atoms with van der Waals surface area (Å²) in [6.45, 7) is 3.61. The van der Waals surface area contributed by atoms with E-state index in [-0.39, 0.29) is 13.2 Å². The molecule has 8 heteroatoms. The van der Waals surface area contributed by atoms with Gasteiger partial charge < -0.3 is 14.8 Å². The van der Waals surface area contributed by atoms with Crippen molar-refractivity contribution in [1.29, 1.82) is 0 Å². The number of carbonyl (C=O) groups excluding carboxylic acids is 3. The fourth-order valence-corrected chi connectivity index (χ4v) is 2.43. The van der Waals surface area contributed by atoms with Gasteiger partial charge in [-0.05, 0) is 43.7 Å². The molecule has 0 radical (unpaired) electrons. The Kier molecular flexibility index (Phi) is 7.38. The minimum atomic E-state index is -0.540. The number of methoxy groups -OCH3 is 1. The zero-order valence-corrected chi connectivity index (χ0v) is 16.0. The third kappa shape index (κ3) is 6.01. The zero-order chi connectivity index (χ0) is 20.5. The molecule has 0 unspecified atom stereocenters. The van der Waals surface area contributed by atoms with Gasteiger partial charge in [-0.1, -0.05) is 17.7 Å². The standard InChI is InChI=1S/C20H23N3O5/c1-13-4-6-16(14(2)8-13)21-10-19(25)22-23-20(26)12-28-17-7-5-15(11-24)9-18(17)27-3/h4-9,11,21H,10,12H2,1-3H3,(H,22,25)(H,23,26). The number of carbonyl (C=O) groups is 3. The van der Waals surface area contributed by atoms with Crippen molar-refractivity contribution in [3.8, 4) is 11.5 Å². The Morgan fingerprint density at radius 2 is 1.75 bits per heavy atom. The van der Waals surface area contributed by atoms with Crippen LogP contribution < -0.4 is 25.6 Å². The Hall–Kier alpha value is -3.55. The van der Waals surface area contributed by atoms with Crippen LogP contribution >= 0.6 is 0 Å². The summed E-state index contributed by atoms with van der Waals surface area (Å²) in [6, 6.07) is 10.4. The number of rotatable bonds is 8. The Bertz CT molecular complexity index is 867. The lowest BCUT2D eigenvalue weighted by molar-refractivity contribution is -0.129. The van der Waals surface area contributed by atoms with Gasteiger partial charge in [0.2, 0.25) is 0 Å². The van der Waals surface area contributed by atoms with Crippen LogP contribution in [0.4, 0.5) is 5.69 Å². The molecule has 0 heterocycles. The topological polar surface area (TPSA) is 106 Å². The third-order valence-corrected chi connectivity index (χ3v) is 3.85. The number of benzene rings is 2. The Balaban J connectivity index is 1.76. The average Bonchev–Trinajstić information content (AvgIpc) is 2.69. The van der Waals surface area contributed by atoms with E-state index in [1.807, 2.05) is 32.0 Å². The summed E-state index contributed by atoms with van der Waals surface area (Å²) in [6.07, 6.45) is 0.681. The van der Waals surface area contributed by atoms with Crippen LogP contribution in [0, 0.1) is 13.8 Å². The van der Waals surface area contributed by atoms with Crippen molar-refractivity contribution in [3.63, 3.8) is 0 Å². The lowest BCUT2D eigenvalue weighted by atomic mass is 10.1. The Morgan fingerprint density at radius 1 is 1.00 bits per heavy atom. The number of hydrogen-bond donors (Lipinski definition) is 3. The number of hydrazine groups is 1. The SMILES string of the molecule is COc1cc(C=O)ccc1OCC(=O)NNC(=O)CNc1ccc(C)cc1C. The summed E-state index contributed by atoms with van der Waals surface area (Å²) in [5, 5.41) is 3.01. The molecule has 148 valence electrons. The number of aldehydes is 1. The maximum absolute atomic E-state index is 11.9. The lowest BCUT2D eigenvalue weighted by Gasteiger charge is -2.13. The molecule has 0 saturated heterocycles. The second kappa shape index (κ2) is 9.96. The van der Waals surface area contributed by atoms with E-state index in [0.717, 1.165) is 16.8 Å². The molecule has 28 heavy (non-hydrogen) atoms. The quantitative estimate of drug-likeness (QED) is 0.472. The molecule has 2 rings (SSSR count). The van der Waals surface area contributed by atoms with Crippen LogP contribution in [0.5, 0.6) is 11.5 Å². The number of ether oxygens (including phenoxy) is 2. The molecule has 0 aromatic heterocycles. The van der Waals surface area contributed by atoms with Crippen LogP contribution in [-0.2, 0) is 9.59 Å². The van der Waals surface area contributed by atoms with Crippen LogP contribution in [0.3, 0.4) is 0 Å². The second-order valence-corrected chi connectivity index (χ2v) is 6.09. The molecule has 0 fully saturated rings. The van der Waals surface area contributed by atoms with Crippen LogP contribution in [-0.4, -0.2) is 38.4 Å². The first-order valence-corrected chi connectivity index (χ1v) is 8.57. The van der Waals surface area contributed by atoms with Gasteiger partial charge in [-0.15, -0.1) is 0 Å². The van der Waals surface area contributed by atoms with E-state index in [9.17, 15) is 14.4 Å². The minimum absolute atomic E-state index is 0.00597. The fourth-order valence-electron chi connectivity index (χ4n) is 2.43. The van der Waals surface area contributed by atoms with E-state index < -0.39 is 11.8 Å². The maximum Gasteiger partial charge on any atom is 0.276 e. The Morgan fingerprint density at radius 3 is 2.43 bits per heavy atom. The number of anilines is 1. The molecule has 0 aliphatic heterocycles. The van der Waals surface area contributed by atoms with E-state index in [2.05, 4.69) is 16.2 Å². The molecule has 0 saturated carbocycles. The molecule has 0 bridgehead atoms. The first kappa shape index (κ1) is 20.8. The van der Waals surface area contributed by atoms with Gasteiger partial charge in [0, 0.05) is 11.3 Å². The summed E-state index contributed by atoms with van der Waals surface area (Å²) in [7, 11) is 1.43. The van der Waals surface area contributed by atoms with Gasteiger partial charge in [0.1, 0.15) is 6.29 Å². The van der Waals surface area contributed by atoms with Gasteiger partial charge in [0.15, 0.2) is 18.1 Å². The van der Waals surface area contributed by atoms with Crippen molar-refractivity contribution < 1.29 is 23.9 Å². The molecule has 0 aliphatic carbocycles.